The van der Waals surface area contributed by atoms with Gasteiger partial charge in [-0.3, -0.25) is 0 Å². The van der Waals surface area contributed by atoms with Gasteiger partial charge in [0.05, 0.1) is 43.5 Å². The second-order valence-corrected chi connectivity index (χ2v) is 10.7. The molecular formula is C36H42O10. The van der Waals surface area contributed by atoms with E-state index in [1.165, 1.54) is 0 Å². The lowest BCUT2D eigenvalue weighted by Gasteiger charge is -2.21. The molecule has 1 atom stereocenters. The number of carbonyl (C=O) groups is 4. The van der Waals surface area contributed by atoms with E-state index >= 15 is 0 Å². The number of unbranched alkanes of at least 4 members (excludes halogenated alkanes) is 2. The molecule has 2 aliphatic carbocycles. The quantitative estimate of drug-likeness (QED) is 0.0580. The fourth-order valence-electron chi connectivity index (χ4n) is 4.51. The normalized spacial score (nSPS) is 15.6. The maximum Gasteiger partial charge on any atom is 0.343 e. The Kier molecular flexibility index (Phi) is 14.6. The number of carbonyl (C=O) groups excluding carboxylic acids is 4. The molecule has 2 aliphatic rings. The zero-order valence-electron chi connectivity index (χ0n) is 26.5. The van der Waals surface area contributed by atoms with E-state index in [0.29, 0.717) is 86.7 Å². The van der Waals surface area contributed by atoms with Crippen molar-refractivity contribution >= 4 is 23.9 Å². The van der Waals surface area contributed by atoms with Gasteiger partial charge in [0.15, 0.2) is 0 Å². The first-order chi connectivity index (χ1) is 22.2. The van der Waals surface area contributed by atoms with Crippen LogP contribution < -0.4 is 4.74 Å². The van der Waals surface area contributed by atoms with Crippen molar-refractivity contribution in [1.29, 1.82) is 0 Å². The van der Waals surface area contributed by atoms with Crippen LogP contribution in [-0.4, -0.2) is 50.3 Å². The van der Waals surface area contributed by atoms with Gasteiger partial charge >= 0.3 is 23.9 Å². The molecule has 46 heavy (non-hydrogen) atoms. The third-order valence-electron chi connectivity index (χ3n) is 7.11. The molecule has 0 aliphatic heterocycles. The van der Waals surface area contributed by atoms with Gasteiger partial charge in [0.1, 0.15) is 11.5 Å². The molecule has 0 bridgehead atoms. The van der Waals surface area contributed by atoms with Crippen molar-refractivity contribution in [2.24, 2.45) is 5.92 Å². The number of benzene rings is 1. The lowest BCUT2D eigenvalue weighted by atomic mass is 9.92. The van der Waals surface area contributed by atoms with Gasteiger partial charge in [-0.1, -0.05) is 20.1 Å². The van der Waals surface area contributed by atoms with E-state index in [4.69, 9.17) is 28.4 Å². The molecule has 1 aromatic rings. The maximum atomic E-state index is 13.0. The van der Waals surface area contributed by atoms with E-state index in [-0.39, 0.29) is 5.92 Å². The minimum absolute atomic E-state index is 0.103. The molecule has 3 rings (SSSR count). The van der Waals surface area contributed by atoms with Crippen LogP contribution in [0.4, 0.5) is 0 Å². The van der Waals surface area contributed by atoms with Crippen LogP contribution in [0.25, 0.3) is 0 Å². The van der Waals surface area contributed by atoms with Gasteiger partial charge in [-0.05, 0) is 86.6 Å². The molecule has 0 N–H and O–H groups in total. The average molecular weight is 635 g/mol. The molecule has 0 fully saturated rings. The molecular weight excluding hydrogens is 592 g/mol. The van der Waals surface area contributed by atoms with Gasteiger partial charge in [0.2, 0.25) is 0 Å². The number of esters is 4. The Balaban J connectivity index is 1.43. The lowest BCUT2D eigenvalue weighted by molar-refractivity contribution is -0.138. The van der Waals surface area contributed by atoms with E-state index in [1.807, 2.05) is 6.92 Å². The first-order valence-corrected chi connectivity index (χ1v) is 15.4. The second-order valence-electron chi connectivity index (χ2n) is 10.7. The molecule has 0 radical (unpaired) electrons. The highest BCUT2D eigenvalue weighted by Gasteiger charge is 2.24. The fraction of sp³-hybridized carbons (Fsp3) is 0.389. The fourth-order valence-corrected chi connectivity index (χ4v) is 4.51. The molecule has 0 amide bonds. The molecule has 10 heteroatoms. The van der Waals surface area contributed by atoms with Crippen molar-refractivity contribution in [2.75, 3.05) is 26.4 Å². The van der Waals surface area contributed by atoms with Crippen molar-refractivity contribution in [3.05, 3.63) is 102 Å². The van der Waals surface area contributed by atoms with Crippen LogP contribution in [0, 0.1) is 12.8 Å². The van der Waals surface area contributed by atoms with Gasteiger partial charge in [-0.25, -0.2) is 19.2 Å². The smallest absolute Gasteiger partial charge is 0.343 e. The van der Waals surface area contributed by atoms with Crippen molar-refractivity contribution in [3.63, 3.8) is 0 Å². The number of ether oxygens (including phenoxy) is 6. The van der Waals surface area contributed by atoms with Crippen LogP contribution in [0.15, 0.2) is 90.7 Å². The molecule has 1 unspecified atom stereocenters. The SMILES string of the molecule is C=CC(=O)OCCCCOC1=CC=C(OC(=O)c2ccc(OC(=O)C3=CC=C(OCCCCOC(=O)C=C)CC3C)c(C)c2)CC1. The zero-order valence-corrected chi connectivity index (χ0v) is 26.5. The predicted molar refractivity (Wildman–Crippen MR) is 170 cm³/mol. The Morgan fingerprint density at radius 2 is 1.30 bits per heavy atom. The van der Waals surface area contributed by atoms with Crippen LogP contribution in [0.1, 0.15) is 67.8 Å². The van der Waals surface area contributed by atoms with Gasteiger partial charge in [0, 0.05) is 37.0 Å². The summed E-state index contributed by atoms with van der Waals surface area (Å²) in [7, 11) is 0. The highest BCUT2D eigenvalue weighted by atomic mass is 16.5. The molecule has 1 aromatic carbocycles. The first kappa shape index (κ1) is 35.6. The van der Waals surface area contributed by atoms with E-state index in [1.54, 1.807) is 49.4 Å². The van der Waals surface area contributed by atoms with Crippen LogP contribution in [0.5, 0.6) is 5.75 Å². The number of hydrogen-bond donors (Lipinski definition) is 0. The summed E-state index contributed by atoms with van der Waals surface area (Å²) in [5, 5.41) is 0. The standard InChI is InChI=1S/C36H42O10/c1-5-33(37)43-21-9-7-19-41-28-12-14-29(15-13-28)45-35(39)27-11-18-32(26(4)23-27)46-36(40)31-17-16-30(24-25(31)3)42-20-8-10-22-44-34(38)6-2/h5-6,11-12,14,16-18,23,25H,1-2,7-10,13,15,19-22,24H2,3-4H3. The Labute approximate surface area is 270 Å². The largest absolute Gasteiger partial charge is 0.498 e. The minimum atomic E-state index is -0.502. The van der Waals surface area contributed by atoms with Crippen LogP contribution >= 0.6 is 0 Å². The summed E-state index contributed by atoms with van der Waals surface area (Å²) >= 11 is 0. The van der Waals surface area contributed by atoms with Gasteiger partial charge in [-0.2, -0.15) is 0 Å². The molecule has 246 valence electrons. The average Bonchev–Trinajstić information content (AvgIpc) is 3.05. The molecule has 0 heterocycles. The molecule has 0 saturated carbocycles. The topological polar surface area (TPSA) is 124 Å². The summed E-state index contributed by atoms with van der Waals surface area (Å²) in [5.74, 6) is 0.530. The molecule has 10 nitrogen and oxygen atoms in total. The van der Waals surface area contributed by atoms with E-state index < -0.39 is 23.9 Å². The first-order valence-electron chi connectivity index (χ1n) is 15.4. The van der Waals surface area contributed by atoms with Gasteiger partial charge in [0.25, 0.3) is 0 Å². The number of rotatable bonds is 18. The maximum absolute atomic E-state index is 13.0. The summed E-state index contributed by atoms with van der Waals surface area (Å²) in [6, 6.07) is 4.79. The molecule has 0 saturated heterocycles. The van der Waals surface area contributed by atoms with Crippen LogP contribution in [0.3, 0.4) is 0 Å². The summed E-state index contributed by atoms with van der Waals surface area (Å²) in [6.07, 6.45) is 13.8. The lowest BCUT2D eigenvalue weighted by Crippen LogP contribution is -2.20. The summed E-state index contributed by atoms with van der Waals surface area (Å²) in [5.41, 5.74) is 1.49. The van der Waals surface area contributed by atoms with Gasteiger partial charge in [-0.15, -0.1) is 0 Å². The van der Waals surface area contributed by atoms with E-state index in [9.17, 15) is 19.2 Å². The molecule has 0 spiro atoms. The summed E-state index contributed by atoms with van der Waals surface area (Å²) in [6.45, 7) is 12.0. The minimum Gasteiger partial charge on any atom is -0.498 e. The highest BCUT2D eigenvalue weighted by molar-refractivity contribution is 5.93. The monoisotopic (exact) mass is 634 g/mol. The summed E-state index contributed by atoms with van der Waals surface area (Å²) < 4.78 is 32.7. The summed E-state index contributed by atoms with van der Waals surface area (Å²) in [4.78, 5) is 47.9. The number of allylic oxidation sites excluding steroid dienone is 7. The van der Waals surface area contributed by atoms with Crippen LogP contribution in [0.2, 0.25) is 0 Å². The van der Waals surface area contributed by atoms with E-state index in [0.717, 1.165) is 36.5 Å². The van der Waals surface area contributed by atoms with E-state index in [2.05, 4.69) is 13.2 Å². The van der Waals surface area contributed by atoms with Crippen molar-refractivity contribution in [2.45, 2.75) is 58.8 Å². The second kappa shape index (κ2) is 18.8. The third-order valence-corrected chi connectivity index (χ3v) is 7.11. The van der Waals surface area contributed by atoms with Crippen molar-refractivity contribution < 1.29 is 47.6 Å². The third kappa shape index (κ3) is 11.9. The number of hydrogen-bond acceptors (Lipinski definition) is 10. The highest BCUT2D eigenvalue weighted by Crippen LogP contribution is 2.29. The Bertz CT molecular complexity index is 1410. The zero-order chi connectivity index (χ0) is 33.3. The van der Waals surface area contributed by atoms with Crippen molar-refractivity contribution in [3.8, 4) is 5.75 Å². The Morgan fingerprint density at radius 1 is 0.739 bits per heavy atom. The Morgan fingerprint density at radius 3 is 1.87 bits per heavy atom. The van der Waals surface area contributed by atoms with Crippen LogP contribution in [-0.2, 0) is 38.1 Å². The van der Waals surface area contributed by atoms with Gasteiger partial charge < -0.3 is 28.4 Å². The Hall–Kier alpha value is -4.86. The molecule has 0 aromatic heterocycles. The van der Waals surface area contributed by atoms with Crippen molar-refractivity contribution in [1.82, 2.24) is 0 Å². The predicted octanol–water partition coefficient (Wildman–Crippen LogP) is 6.52. The number of aryl methyl sites for hydroxylation is 1.